The average Bonchev–Trinajstić information content (AvgIpc) is 2.85. The van der Waals surface area contributed by atoms with Crippen LogP contribution in [0.15, 0.2) is 52.7 Å². The number of ketones is 1. The van der Waals surface area contributed by atoms with Crippen LogP contribution in [0.5, 0.6) is 0 Å². The highest BCUT2D eigenvalue weighted by Gasteiger charge is 2.52. The van der Waals surface area contributed by atoms with E-state index in [1.54, 1.807) is 0 Å². The fourth-order valence-electron chi connectivity index (χ4n) is 2.90. The molecule has 0 aromatic heterocycles. The van der Waals surface area contributed by atoms with Gasteiger partial charge in [0.1, 0.15) is 11.7 Å². The molecule has 2 rings (SSSR count). The zero-order valence-corrected chi connectivity index (χ0v) is 20.2. The molecule has 0 saturated carbocycles. The quantitative estimate of drug-likeness (QED) is 0.118. The van der Waals surface area contributed by atoms with E-state index < -0.39 is 69.5 Å². The molecule has 0 spiro atoms. The van der Waals surface area contributed by atoms with Crippen LogP contribution < -0.4 is 5.32 Å². The van der Waals surface area contributed by atoms with Crippen LogP contribution in [-0.2, 0) is 30.0 Å². The Morgan fingerprint density at radius 2 is 1.54 bits per heavy atom. The number of azo groups is 1. The molecule has 0 fully saturated rings. The minimum absolute atomic E-state index is 0.274. The summed E-state index contributed by atoms with van der Waals surface area (Å²) in [6, 6.07) is 6.23. The van der Waals surface area contributed by atoms with Crippen LogP contribution in [0.3, 0.4) is 0 Å². The van der Waals surface area contributed by atoms with Gasteiger partial charge >= 0.3 is 23.8 Å². The Labute approximate surface area is 212 Å². The first-order valence-electron chi connectivity index (χ1n) is 10.6. The zero-order valence-electron chi connectivity index (χ0n) is 19.4. The molecule has 0 heterocycles. The second-order valence-corrected chi connectivity index (χ2v) is 7.34. The number of halogens is 5. The predicted molar refractivity (Wildman–Crippen MR) is 121 cm³/mol. The van der Waals surface area contributed by atoms with E-state index in [2.05, 4.69) is 10.2 Å². The molecule has 2 aromatic carbocycles. The second-order valence-electron chi connectivity index (χ2n) is 7.07. The fourth-order valence-corrected chi connectivity index (χ4v) is 2.97. The monoisotopic (exact) mass is 545 g/mol. The van der Waals surface area contributed by atoms with Crippen LogP contribution >= 0.6 is 11.6 Å². The van der Waals surface area contributed by atoms with Crippen LogP contribution in [0.1, 0.15) is 35.3 Å². The van der Waals surface area contributed by atoms with Crippen molar-refractivity contribution in [2.75, 3.05) is 19.1 Å². The highest BCUT2D eigenvalue weighted by atomic mass is 35.5. The number of carbonyl (C=O) groups is 4. The van der Waals surface area contributed by atoms with Crippen LogP contribution in [0.25, 0.3) is 0 Å². The normalized spacial score (nSPS) is 11.8. The molecule has 1 N–H and O–H groups in total. The van der Waals surface area contributed by atoms with Gasteiger partial charge in [-0.25, -0.2) is 14.0 Å². The van der Waals surface area contributed by atoms with Gasteiger partial charge in [-0.3, -0.25) is 9.59 Å². The Hall–Kier alpha value is -3.87. The first-order chi connectivity index (χ1) is 17.4. The lowest BCUT2D eigenvalue weighted by Gasteiger charge is -2.24. The molecule has 0 saturated heterocycles. The van der Waals surface area contributed by atoms with Crippen LogP contribution in [0, 0.1) is 5.82 Å². The van der Waals surface area contributed by atoms with Gasteiger partial charge < -0.3 is 14.8 Å². The van der Waals surface area contributed by atoms with Crippen molar-refractivity contribution in [1.29, 1.82) is 0 Å². The minimum Gasteiger partial charge on any atom is -0.462 e. The SMILES string of the molecule is CCOC(=O)C(N=Nc1ccc(C(F)(F)F)cc1C(=O)c1ccccc1F)(NC(=O)CCl)C(=O)OCC. The van der Waals surface area contributed by atoms with Crippen LogP contribution in [0.4, 0.5) is 23.2 Å². The Balaban J connectivity index is 2.76. The Morgan fingerprint density at radius 3 is 2.05 bits per heavy atom. The van der Waals surface area contributed by atoms with Crippen molar-refractivity contribution in [2.24, 2.45) is 10.2 Å². The Kier molecular flexibility index (Phi) is 9.83. The minimum atomic E-state index is -4.88. The number of ether oxygens (including phenoxy) is 2. The van der Waals surface area contributed by atoms with Gasteiger partial charge in [-0.15, -0.1) is 16.7 Å². The Morgan fingerprint density at radius 1 is 0.946 bits per heavy atom. The number of benzene rings is 2. The molecule has 0 bridgehead atoms. The summed E-state index contributed by atoms with van der Waals surface area (Å²) in [6.07, 6.45) is -4.88. The standard InChI is InChI=1S/C23H20ClF4N3O6/c1-3-36-20(34)22(21(35)37-4-2,29-18(32)12-24)31-30-17-10-9-13(23(26,27)28)11-15(17)19(33)14-7-5-6-8-16(14)25/h5-11H,3-4,12H2,1-2H3,(H,29,32). The maximum Gasteiger partial charge on any atom is 0.416 e. The van der Waals surface area contributed by atoms with Crippen molar-refractivity contribution in [2.45, 2.75) is 25.7 Å². The maximum atomic E-state index is 14.3. The molecule has 198 valence electrons. The highest BCUT2D eigenvalue weighted by Crippen LogP contribution is 2.34. The summed E-state index contributed by atoms with van der Waals surface area (Å²) in [7, 11) is 0. The van der Waals surface area contributed by atoms with E-state index in [1.165, 1.54) is 26.0 Å². The van der Waals surface area contributed by atoms with Crippen molar-refractivity contribution in [3.8, 4) is 0 Å². The van der Waals surface area contributed by atoms with Gasteiger partial charge in [0.25, 0.3) is 0 Å². The lowest BCUT2D eigenvalue weighted by molar-refractivity contribution is -0.167. The van der Waals surface area contributed by atoms with E-state index in [1.807, 2.05) is 5.32 Å². The number of carbonyl (C=O) groups excluding carboxylic acids is 4. The molecule has 0 radical (unpaired) electrons. The molecule has 37 heavy (non-hydrogen) atoms. The molecular weight excluding hydrogens is 526 g/mol. The molecule has 0 aliphatic heterocycles. The molecule has 2 aromatic rings. The molecule has 0 unspecified atom stereocenters. The largest absolute Gasteiger partial charge is 0.462 e. The third-order valence-corrected chi connectivity index (χ3v) is 4.82. The summed E-state index contributed by atoms with van der Waals surface area (Å²) in [5.74, 6) is -6.89. The third-order valence-electron chi connectivity index (χ3n) is 4.58. The highest BCUT2D eigenvalue weighted by molar-refractivity contribution is 6.28. The number of nitrogens with zero attached hydrogens (tertiary/aromatic N) is 2. The van der Waals surface area contributed by atoms with E-state index in [-0.39, 0.29) is 13.2 Å². The first-order valence-corrected chi connectivity index (χ1v) is 11.1. The average molecular weight is 546 g/mol. The molecule has 14 heteroatoms. The summed E-state index contributed by atoms with van der Waals surface area (Å²) < 4.78 is 64.0. The summed E-state index contributed by atoms with van der Waals surface area (Å²) in [4.78, 5) is 50.5. The van der Waals surface area contributed by atoms with Crippen molar-refractivity contribution >= 4 is 40.9 Å². The zero-order chi connectivity index (χ0) is 27.8. The first kappa shape index (κ1) is 29.4. The van der Waals surface area contributed by atoms with Gasteiger partial charge in [-0.1, -0.05) is 12.1 Å². The summed E-state index contributed by atoms with van der Waals surface area (Å²) in [6.45, 7) is 2.22. The van der Waals surface area contributed by atoms with Gasteiger partial charge in [0.2, 0.25) is 5.91 Å². The topological polar surface area (TPSA) is 123 Å². The third kappa shape index (κ3) is 6.88. The van der Waals surface area contributed by atoms with E-state index in [9.17, 15) is 36.7 Å². The lowest BCUT2D eigenvalue weighted by atomic mass is 9.99. The fraction of sp³-hybridized carbons (Fsp3) is 0.304. The van der Waals surface area contributed by atoms with Gasteiger partial charge in [-0.05, 0) is 44.2 Å². The van der Waals surface area contributed by atoms with Crippen LogP contribution in [-0.4, -0.2) is 48.4 Å². The van der Waals surface area contributed by atoms with Crippen LogP contribution in [0.2, 0.25) is 0 Å². The maximum absolute atomic E-state index is 14.3. The van der Waals surface area contributed by atoms with Gasteiger partial charge in [0.05, 0.1) is 35.6 Å². The number of hydrogen-bond donors (Lipinski definition) is 1. The number of nitrogens with one attached hydrogen (secondary N) is 1. The van der Waals surface area contributed by atoms with Crippen molar-refractivity contribution in [3.63, 3.8) is 0 Å². The number of rotatable bonds is 10. The van der Waals surface area contributed by atoms with E-state index in [0.717, 1.165) is 18.2 Å². The molecule has 0 aliphatic carbocycles. The molecule has 1 amide bonds. The molecular formula is C23H20ClF4N3O6. The molecule has 9 nitrogen and oxygen atoms in total. The number of amides is 1. The lowest BCUT2D eigenvalue weighted by Crippen LogP contribution is -2.60. The molecule has 0 atom stereocenters. The number of hydrogen-bond acceptors (Lipinski definition) is 8. The van der Waals surface area contributed by atoms with E-state index in [0.29, 0.717) is 12.1 Å². The number of alkyl halides is 4. The van der Waals surface area contributed by atoms with Crippen molar-refractivity contribution in [1.82, 2.24) is 5.32 Å². The van der Waals surface area contributed by atoms with Gasteiger partial charge in [0.15, 0.2) is 5.78 Å². The van der Waals surface area contributed by atoms with E-state index in [4.69, 9.17) is 21.1 Å². The van der Waals surface area contributed by atoms with Gasteiger partial charge in [0, 0.05) is 0 Å². The van der Waals surface area contributed by atoms with Gasteiger partial charge in [-0.2, -0.15) is 18.3 Å². The predicted octanol–water partition coefficient (Wildman–Crippen LogP) is 4.34. The van der Waals surface area contributed by atoms with Crippen molar-refractivity contribution in [3.05, 3.63) is 65.0 Å². The molecule has 0 aliphatic rings. The second kappa shape index (κ2) is 12.4. The number of esters is 2. The van der Waals surface area contributed by atoms with E-state index >= 15 is 0 Å². The summed E-state index contributed by atoms with van der Waals surface area (Å²) >= 11 is 5.47. The summed E-state index contributed by atoms with van der Waals surface area (Å²) in [5, 5.41) is 9.13. The Bertz CT molecular complexity index is 1200. The summed E-state index contributed by atoms with van der Waals surface area (Å²) in [5.41, 5.74) is -6.12. The smallest absolute Gasteiger partial charge is 0.416 e. The van der Waals surface area contributed by atoms with Crippen molar-refractivity contribution < 1.29 is 46.2 Å².